The average molecular weight is 529 g/mol. The fourth-order valence-corrected chi connectivity index (χ4v) is 3.21. The second-order valence-electron chi connectivity index (χ2n) is 6.47. The number of carbonyl (C=O) groups is 1. The number of alkyl halides is 2. The summed E-state index contributed by atoms with van der Waals surface area (Å²) in [6.45, 7) is -0.936. The Bertz CT molecular complexity index is 684. The van der Waals surface area contributed by atoms with Crippen LogP contribution >= 0.6 is 24.0 Å². The van der Waals surface area contributed by atoms with E-state index >= 15 is 0 Å². The van der Waals surface area contributed by atoms with E-state index in [2.05, 4.69) is 20.4 Å². The molecule has 0 saturated heterocycles. The maximum Gasteiger partial charge on any atom is 0.387 e. The van der Waals surface area contributed by atoms with E-state index in [0.717, 1.165) is 12.8 Å². The van der Waals surface area contributed by atoms with Crippen LogP contribution in [0.3, 0.4) is 0 Å². The van der Waals surface area contributed by atoms with E-state index in [0.29, 0.717) is 25.4 Å². The van der Waals surface area contributed by atoms with Gasteiger partial charge in [-0.3, -0.25) is 9.79 Å². The monoisotopic (exact) mass is 529 g/mol. The second kappa shape index (κ2) is 12.8. The van der Waals surface area contributed by atoms with Crippen LogP contribution < -0.4 is 15.4 Å². The molecule has 0 atom stereocenters. The number of hydrogen-bond donors (Lipinski definition) is 2. The number of halogens is 4. The van der Waals surface area contributed by atoms with Crippen molar-refractivity contribution in [3.63, 3.8) is 0 Å². The molecule has 6 nitrogen and oxygen atoms in total. The number of hydrogen-bond acceptors (Lipinski definition) is 4. The molecule has 0 aromatic heterocycles. The predicted octanol–water partition coefficient (Wildman–Crippen LogP) is 3.83. The summed E-state index contributed by atoms with van der Waals surface area (Å²) < 4.78 is 48.5. The number of nitrogens with one attached hydrogen (secondary N) is 2. The lowest BCUT2D eigenvalue weighted by atomic mass is 9.86. The summed E-state index contributed by atoms with van der Waals surface area (Å²) in [5.41, 5.74) is -0.00299. The SMILES string of the molecule is CCOC(=O)C1CCC(NC(=NC)NCc2c(F)cccc2OC(F)F)CC1.I. The summed E-state index contributed by atoms with van der Waals surface area (Å²) in [6.07, 6.45) is 2.97. The van der Waals surface area contributed by atoms with Gasteiger partial charge in [0.15, 0.2) is 5.96 Å². The van der Waals surface area contributed by atoms with Crippen molar-refractivity contribution in [1.82, 2.24) is 10.6 Å². The molecule has 1 saturated carbocycles. The Morgan fingerprint density at radius 3 is 2.55 bits per heavy atom. The van der Waals surface area contributed by atoms with E-state index in [1.165, 1.54) is 18.2 Å². The number of rotatable bonds is 7. The van der Waals surface area contributed by atoms with Crippen LogP contribution in [0.2, 0.25) is 0 Å². The first kappa shape index (κ1) is 25.3. The topological polar surface area (TPSA) is 72.0 Å². The van der Waals surface area contributed by atoms with Crippen molar-refractivity contribution in [1.29, 1.82) is 0 Å². The molecule has 1 aliphatic rings. The van der Waals surface area contributed by atoms with Crippen molar-refractivity contribution in [3.8, 4) is 5.75 Å². The molecule has 2 rings (SSSR count). The third-order valence-corrected chi connectivity index (χ3v) is 4.64. The van der Waals surface area contributed by atoms with Crippen molar-refractivity contribution in [3.05, 3.63) is 29.6 Å². The van der Waals surface area contributed by atoms with Gasteiger partial charge in [0.25, 0.3) is 0 Å². The van der Waals surface area contributed by atoms with Crippen molar-refractivity contribution in [2.45, 2.75) is 51.8 Å². The zero-order chi connectivity index (χ0) is 20.5. The molecule has 0 radical (unpaired) electrons. The third-order valence-electron chi connectivity index (χ3n) is 4.64. The molecule has 29 heavy (non-hydrogen) atoms. The van der Waals surface area contributed by atoms with E-state index in [1.807, 2.05) is 0 Å². The van der Waals surface area contributed by atoms with Crippen LogP contribution in [-0.4, -0.2) is 38.2 Å². The maximum absolute atomic E-state index is 14.0. The summed E-state index contributed by atoms with van der Waals surface area (Å²) in [7, 11) is 1.57. The minimum Gasteiger partial charge on any atom is -0.466 e. The normalized spacial score (nSPS) is 19.3. The van der Waals surface area contributed by atoms with Crippen LogP contribution in [-0.2, 0) is 16.1 Å². The van der Waals surface area contributed by atoms with Gasteiger partial charge in [0.2, 0.25) is 0 Å². The van der Waals surface area contributed by atoms with Gasteiger partial charge in [-0.1, -0.05) is 6.07 Å². The third kappa shape index (κ3) is 7.90. The first-order valence-corrected chi connectivity index (χ1v) is 9.30. The quantitative estimate of drug-likeness (QED) is 0.243. The van der Waals surface area contributed by atoms with E-state index in [-0.39, 0.29) is 59.8 Å². The Kier molecular flexibility index (Phi) is 11.1. The zero-order valence-corrected chi connectivity index (χ0v) is 18.8. The van der Waals surface area contributed by atoms with E-state index in [1.54, 1.807) is 14.0 Å². The highest BCUT2D eigenvalue weighted by Gasteiger charge is 2.27. The minimum absolute atomic E-state index is 0. The first-order chi connectivity index (χ1) is 13.4. The van der Waals surface area contributed by atoms with Crippen molar-refractivity contribution in [2.24, 2.45) is 10.9 Å². The number of ether oxygens (including phenoxy) is 2. The van der Waals surface area contributed by atoms with Gasteiger partial charge < -0.3 is 20.1 Å². The van der Waals surface area contributed by atoms with Crippen LogP contribution in [0, 0.1) is 11.7 Å². The molecule has 0 heterocycles. The number of nitrogens with zero attached hydrogens (tertiary/aromatic N) is 1. The van der Waals surface area contributed by atoms with Crippen molar-refractivity contribution in [2.75, 3.05) is 13.7 Å². The predicted molar refractivity (Wildman–Crippen MR) is 114 cm³/mol. The summed E-state index contributed by atoms with van der Waals surface area (Å²) in [5, 5.41) is 6.15. The summed E-state index contributed by atoms with van der Waals surface area (Å²) in [4.78, 5) is 15.9. The molecule has 0 aliphatic heterocycles. The standard InChI is InChI=1S/C19H26F3N3O3.HI/c1-3-27-17(26)12-7-9-13(10-8-12)25-19(23-2)24-11-14-15(20)5-4-6-16(14)28-18(21)22;/h4-6,12-13,18H,3,7-11H2,1-2H3,(H2,23,24,25);1H. The van der Waals surface area contributed by atoms with E-state index in [4.69, 9.17) is 4.74 Å². The minimum atomic E-state index is -3.03. The Hall–Kier alpha value is -1.72. The summed E-state index contributed by atoms with van der Waals surface area (Å²) in [6, 6.07) is 3.89. The van der Waals surface area contributed by atoms with Crippen LogP contribution in [0.15, 0.2) is 23.2 Å². The molecule has 10 heteroatoms. The molecular formula is C19H27F3IN3O3. The lowest BCUT2D eigenvalue weighted by Crippen LogP contribution is -2.45. The lowest BCUT2D eigenvalue weighted by Gasteiger charge is -2.29. The molecule has 0 spiro atoms. The number of benzene rings is 1. The zero-order valence-electron chi connectivity index (χ0n) is 16.4. The van der Waals surface area contributed by atoms with Gasteiger partial charge in [0.1, 0.15) is 11.6 Å². The van der Waals surface area contributed by atoms with Crippen LogP contribution in [0.25, 0.3) is 0 Å². The molecule has 0 bridgehead atoms. The van der Waals surface area contributed by atoms with Crippen LogP contribution in [0.5, 0.6) is 5.75 Å². The number of guanidine groups is 1. The molecule has 0 unspecified atom stereocenters. The Labute approximate surface area is 185 Å². The van der Waals surface area contributed by atoms with Gasteiger partial charge in [-0.15, -0.1) is 24.0 Å². The highest BCUT2D eigenvalue weighted by molar-refractivity contribution is 14.0. The van der Waals surface area contributed by atoms with Gasteiger partial charge in [-0.2, -0.15) is 8.78 Å². The van der Waals surface area contributed by atoms with Crippen molar-refractivity contribution < 1.29 is 27.4 Å². The molecule has 1 aromatic rings. The highest BCUT2D eigenvalue weighted by atomic mass is 127. The van der Waals surface area contributed by atoms with Gasteiger partial charge in [0, 0.05) is 25.2 Å². The van der Waals surface area contributed by atoms with Gasteiger partial charge in [-0.25, -0.2) is 4.39 Å². The molecule has 1 aromatic carbocycles. The molecule has 0 amide bonds. The van der Waals surface area contributed by atoms with Gasteiger partial charge in [0.05, 0.1) is 12.5 Å². The maximum atomic E-state index is 14.0. The largest absolute Gasteiger partial charge is 0.466 e. The summed E-state index contributed by atoms with van der Waals surface area (Å²) in [5.74, 6) is -0.676. The Morgan fingerprint density at radius 2 is 1.97 bits per heavy atom. The fourth-order valence-electron chi connectivity index (χ4n) is 3.21. The second-order valence-corrected chi connectivity index (χ2v) is 6.47. The van der Waals surface area contributed by atoms with Crippen LogP contribution in [0.1, 0.15) is 38.2 Å². The van der Waals surface area contributed by atoms with E-state index in [9.17, 15) is 18.0 Å². The molecule has 1 aliphatic carbocycles. The number of carbonyl (C=O) groups excluding carboxylic acids is 1. The van der Waals surface area contributed by atoms with Gasteiger partial charge >= 0.3 is 12.6 Å². The molecule has 2 N–H and O–H groups in total. The summed E-state index contributed by atoms with van der Waals surface area (Å²) >= 11 is 0. The number of esters is 1. The number of aliphatic imine (C=N–C) groups is 1. The lowest BCUT2D eigenvalue weighted by molar-refractivity contribution is -0.149. The van der Waals surface area contributed by atoms with Crippen molar-refractivity contribution >= 4 is 35.9 Å². The highest BCUT2D eigenvalue weighted by Crippen LogP contribution is 2.26. The molecule has 1 fully saturated rings. The van der Waals surface area contributed by atoms with E-state index < -0.39 is 12.4 Å². The Balaban J connectivity index is 0.00000420. The molecule has 164 valence electrons. The Morgan fingerprint density at radius 1 is 1.28 bits per heavy atom. The van der Waals surface area contributed by atoms with Crippen LogP contribution in [0.4, 0.5) is 13.2 Å². The average Bonchev–Trinajstić information content (AvgIpc) is 2.66. The van der Waals surface area contributed by atoms with Gasteiger partial charge in [-0.05, 0) is 44.7 Å². The molecular weight excluding hydrogens is 502 g/mol. The smallest absolute Gasteiger partial charge is 0.387 e. The first-order valence-electron chi connectivity index (χ1n) is 9.30. The fraction of sp³-hybridized carbons (Fsp3) is 0.579.